The molecule has 0 aromatic heterocycles. The minimum atomic E-state index is -3.51. The van der Waals surface area contributed by atoms with Gasteiger partial charge < -0.3 is 25.8 Å². The van der Waals surface area contributed by atoms with Crippen molar-refractivity contribution >= 4 is 27.7 Å². The Morgan fingerprint density at radius 1 is 1.07 bits per heavy atom. The van der Waals surface area contributed by atoms with Crippen molar-refractivity contribution in [3.63, 3.8) is 0 Å². The summed E-state index contributed by atoms with van der Waals surface area (Å²) in [7, 11) is -1.89. The fourth-order valence-electron chi connectivity index (χ4n) is 7.28. The highest BCUT2D eigenvalue weighted by Crippen LogP contribution is 2.40. The molecule has 2 saturated heterocycles. The van der Waals surface area contributed by atoms with Crippen LogP contribution in [0.3, 0.4) is 0 Å². The van der Waals surface area contributed by atoms with Crippen LogP contribution in [0, 0.1) is 23.4 Å². The number of methoxy groups -OCH3 is 1. The van der Waals surface area contributed by atoms with Crippen LogP contribution < -0.4 is 16.0 Å². The fraction of sp³-hybridized carbons (Fsp3) is 0.562. The lowest BCUT2D eigenvalue weighted by Gasteiger charge is -2.38. The Hall–Kier alpha value is -3.20. The number of benzene rings is 2. The summed E-state index contributed by atoms with van der Waals surface area (Å²) in [5, 5.41) is 18.1. The van der Waals surface area contributed by atoms with E-state index in [1.807, 2.05) is 0 Å². The van der Waals surface area contributed by atoms with Crippen LogP contribution >= 0.6 is 0 Å². The largest absolute Gasteiger partial charge is 0.465 e. The second-order valence-corrected chi connectivity index (χ2v) is 14.5. The zero-order valence-corrected chi connectivity index (χ0v) is 26.5. The summed E-state index contributed by atoms with van der Waals surface area (Å²) in [6.45, 7) is 0.666. The molecular formula is C32H41F3N4O6S. The molecule has 3 fully saturated rings. The Kier molecular flexibility index (Phi) is 10.9. The summed E-state index contributed by atoms with van der Waals surface area (Å²) in [6, 6.07) is 5.84. The van der Waals surface area contributed by atoms with E-state index in [0.717, 1.165) is 12.5 Å². The second-order valence-electron chi connectivity index (χ2n) is 12.5. The molecule has 4 N–H and O–H groups in total. The maximum absolute atomic E-state index is 15.3. The molecule has 2 bridgehead atoms. The van der Waals surface area contributed by atoms with Crippen molar-refractivity contribution in [2.45, 2.75) is 81.5 Å². The number of halogens is 3. The normalized spacial score (nSPS) is 27.2. The molecular weight excluding hydrogens is 625 g/mol. The molecule has 5 atom stereocenters. The van der Waals surface area contributed by atoms with Gasteiger partial charge in [-0.3, -0.25) is 4.79 Å². The van der Waals surface area contributed by atoms with Crippen LogP contribution in [0.5, 0.6) is 0 Å². The number of carboxylic acid groups (broad SMARTS) is 1. The van der Waals surface area contributed by atoms with Gasteiger partial charge in [0.25, 0.3) is 0 Å². The first kappa shape index (κ1) is 34.1. The third-order valence-corrected chi connectivity index (χ3v) is 11.6. The molecule has 0 spiro atoms. The van der Waals surface area contributed by atoms with Crippen molar-refractivity contribution in [2.75, 3.05) is 31.3 Å². The molecule has 2 heterocycles. The van der Waals surface area contributed by atoms with E-state index in [-0.39, 0.29) is 47.9 Å². The number of carbonyl (C=O) groups excluding carboxylic acids is 1. The number of carbonyl (C=O) groups is 2. The number of nitrogens with one attached hydrogen (secondary N) is 3. The quantitative estimate of drug-likeness (QED) is 0.296. The zero-order valence-electron chi connectivity index (χ0n) is 25.7. The molecule has 1 aliphatic carbocycles. The predicted molar refractivity (Wildman–Crippen MR) is 165 cm³/mol. The molecule has 3 aliphatic rings. The summed E-state index contributed by atoms with van der Waals surface area (Å²) in [4.78, 5) is 26.0. The van der Waals surface area contributed by atoms with Crippen LogP contribution in [-0.2, 0) is 26.0 Å². The Morgan fingerprint density at radius 3 is 2.46 bits per heavy atom. The maximum atomic E-state index is 15.3. The number of ether oxygens (including phenoxy) is 1. The lowest BCUT2D eigenvalue weighted by molar-refractivity contribution is -0.119. The first-order valence-corrected chi connectivity index (χ1v) is 17.4. The number of amides is 2. The molecule has 2 aromatic rings. The van der Waals surface area contributed by atoms with Gasteiger partial charge in [0, 0.05) is 49.5 Å². The van der Waals surface area contributed by atoms with E-state index in [4.69, 9.17) is 4.74 Å². The van der Waals surface area contributed by atoms with Crippen molar-refractivity contribution in [3.8, 4) is 0 Å². The van der Waals surface area contributed by atoms with E-state index in [1.54, 1.807) is 7.11 Å². The number of hydrogen-bond acceptors (Lipinski definition) is 6. The summed E-state index contributed by atoms with van der Waals surface area (Å²) in [5.41, 5.74) is 0.376. The van der Waals surface area contributed by atoms with Crippen LogP contribution in [0.2, 0.25) is 0 Å². The van der Waals surface area contributed by atoms with Crippen molar-refractivity contribution in [1.29, 1.82) is 0 Å². The number of hydrogen-bond donors (Lipinski definition) is 4. The lowest BCUT2D eigenvalue weighted by Crippen LogP contribution is -2.57. The highest BCUT2D eigenvalue weighted by Gasteiger charge is 2.40. The van der Waals surface area contributed by atoms with Gasteiger partial charge in [-0.2, -0.15) is 4.31 Å². The third-order valence-electron chi connectivity index (χ3n) is 9.68. The van der Waals surface area contributed by atoms with Gasteiger partial charge in [0.2, 0.25) is 15.9 Å². The van der Waals surface area contributed by atoms with Crippen molar-refractivity contribution in [1.82, 2.24) is 14.9 Å². The summed E-state index contributed by atoms with van der Waals surface area (Å²) in [6.07, 6.45) is 2.56. The molecule has 5 rings (SSSR count). The summed E-state index contributed by atoms with van der Waals surface area (Å²) < 4.78 is 76.5. The van der Waals surface area contributed by atoms with Crippen LogP contribution in [0.1, 0.15) is 62.0 Å². The summed E-state index contributed by atoms with van der Waals surface area (Å²) in [5.74, 6) is -4.40. The van der Waals surface area contributed by atoms with E-state index >= 15 is 4.39 Å². The van der Waals surface area contributed by atoms with Crippen LogP contribution in [0.15, 0.2) is 36.4 Å². The summed E-state index contributed by atoms with van der Waals surface area (Å²) >= 11 is 0. The number of anilines is 1. The van der Waals surface area contributed by atoms with Crippen molar-refractivity contribution < 1.29 is 41.0 Å². The van der Waals surface area contributed by atoms with E-state index in [0.29, 0.717) is 50.8 Å². The highest BCUT2D eigenvalue weighted by atomic mass is 32.2. The van der Waals surface area contributed by atoms with Gasteiger partial charge in [0.1, 0.15) is 11.9 Å². The Balaban J connectivity index is 1.41. The second kappa shape index (κ2) is 14.7. The SMILES string of the molecule is CO[C@H]1CC[C@H]([C@H](c2ccc(F)cc2)[C@H](NC(=O)O)C(=O)Nc2ccc(F)c(F)c2CC[C@H]2CN[C@@H]3CCCS(=O)(=O)N2C3)CC1. The molecule has 46 heavy (non-hydrogen) atoms. The molecule has 1 unspecified atom stereocenters. The van der Waals surface area contributed by atoms with Crippen LogP contribution in [0.4, 0.5) is 23.7 Å². The molecule has 1 saturated carbocycles. The first-order valence-electron chi connectivity index (χ1n) is 15.7. The van der Waals surface area contributed by atoms with Gasteiger partial charge in [0.15, 0.2) is 11.6 Å². The number of fused-ring (bicyclic) bond motifs is 2. The van der Waals surface area contributed by atoms with Crippen LogP contribution in [-0.4, -0.2) is 80.0 Å². The maximum Gasteiger partial charge on any atom is 0.405 e. The Bertz CT molecular complexity index is 1500. The molecule has 2 aliphatic heterocycles. The lowest BCUT2D eigenvalue weighted by atomic mass is 9.72. The van der Waals surface area contributed by atoms with Crippen molar-refractivity contribution in [3.05, 3.63) is 65.0 Å². The third kappa shape index (κ3) is 7.84. The van der Waals surface area contributed by atoms with E-state index in [2.05, 4.69) is 16.0 Å². The van der Waals surface area contributed by atoms with Gasteiger partial charge in [-0.05, 0) is 87.1 Å². The van der Waals surface area contributed by atoms with E-state index in [1.165, 1.54) is 34.6 Å². The monoisotopic (exact) mass is 666 g/mol. The number of nitrogens with zero attached hydrogens (tertiary/aromatic N) is 1. The van der Waals surface area contributed by atoms with Gasteiger partial charge in [-0.15, -0.1) is 0 Å². The van der Waals surface area contributed by atoms with E-state index < -0.39 is 57.5 Å². The first-order chi connectivity index (χ1) is 22.0. The number of sulfonamides is 1. The van der Waals surface area contributed by atoms with Crippen molar-refractivity contribution in [2.24, 2.45) is 5.92 Å². The average molecular weight is 667 g/mol. The van der Waals surface area contributed by atoms with Gasteiger partial charge in [-0.25, -0.2) is 26.4 Å². The standard InChI is InChI=1S/C32H41F3N4O6S/c1-45-24-11-6-20(7-12-24)28(19-4-8-21(33)9-5-19)30(38-32(41)42)31(40)37-27-15-14-26(34)29(35)25(27)13-10-23-17-36-22-3-2-16-46(43,44)39(23)18-22/h4-5,8-9,14-15,20,22-24,28,30,36,38H,2-3,6-7,10-13,16-18H2,1H3,(H,37,40)(H,41,42)/t20-,22-,23+,24-,28+,30+/m1/s1. The van der Waals surface area contributed by atoms with Gasteiger partial charge >= 0.3 is 6.09 Å². The number of piperazine rings is 1. The highest BCUT2D eigenvalue weighted by molar-refractivity contribution is 7.89. The molecule has 252 valence electrons. The molecule has 14 heteroatoms. The minimum Gasteiger partial charge on any atom is -0.465 e. The minimum absolute atomic E-state index is 0.0254. The molecule has 2 aromatic carbocycles. The fourth-order valence-corrected chi connectivity index (χ4v) is 9.08. The average Bonchev–Trinajstić information content (AvgIpc) is 3.15. The topological polar surface area (TPSA) is 137 Å². The van der Waals surface area contributed by atoms with Crippen LogP contribution in [0.25, 0.3) is 0 Å². The van der Waals surface area contributed by atoms with Gasteiger partial charge in [-0.1, -0.05) is 12.1 Å². The van der Waals surface area contributed by atoms with Gasteiger partial charge in [0.05, 0.1) is 11.9 Å². The molecule has 2 amide bonds. The molecule has 0 radical (unpaired) electrons. The number of rotatable bonds is 10. The zero-order chi connectivity index (χ0) is 33.0. The Labute approximate surface area is 267 Å². The smallest absolute Gasteiger partial charge is 0.405 e. The predicted octanol–water partition coefficient (Wildman–Crippen LogP) is 4.37. The van der Waals surface area contributed by atoms with E-state index in [9.17, 15) is 31.9 Å². The molecule has 10 nitrogen and oxygen atoms in total. The Morgan fingerprint density at radius 2 is 1.78 bits per heavy atom.